The number of aryl methyl sites for hydroxylation is 1. The monoisotopic (exact) mass is 442 g/mol. The molecule has 0 spiro atoms. The van der Waals surface area contributed by atoms with E-state index in [0.29, 0.717) is 45.2 Å². The summed E-state index contributed by atoms with van der Waals surface area (Å²) < 4.78 is 36.0. The number of aliphatic imine (C=N–C) groups is 1. The summed E-state index contributed by atoms with van der Waals surface area (Å²) >= 11 is 0. The molecule has 0 amide bonds. The van der Waals surface area contributed by atoms with E-state index in [1.165, 1.54) is 4.31 Å². The van der Waals surface area contributed by atoms with Gasteiger partial charge in [-0.2, -0.15) is 0 Å². The largest absolute Gasteiger partial charge is 0.493 e. The maximum Gasteiger partial charge on any atom is 0.213 e. The Morgan fingerprint density at radius 2 is 1.93 bits per heavy atom. The van der Waals surface area contributed by atoms with Crippen LogP contribution in [0.25, 0.3) is 0 Å². The van der Waals surface area contributed by atoms with Crippen LogP contribution in [0.15, 0.2) is 23.2 Å². The van der Waals surface area contributed by atoms with Crippen LogP contribution in [-0.2, 0) is 21.3 Å². The highest BCUT2D eigenvalue weighted by atomic mass is 32.2. The number of rotatable bonds is 14. The van der Waals surface area contributed by atoms with Gasteiger partial charge in [-0.3, -0.25) is 0 Å². The average molecular weight is 443 g/mol. The number of methoxy groups -OCH3 is 1. The molecule has 0 saturated heterocycles. The van der Waals surface area contributed by atoms with Crippen LogP contribution >= 0.6 is 0 Å². The number of hydrogen-bond acceptors (Lipinski definition) is 5. The lowest BCUT2D eigenvalue weighted by atomic mass is 10.1. The zero-order valence-corrected chi connectivity index (χ0v) is 19.8. The van der Waals surface area contributed by atoms with Gasteiger partial charge in [0.25, 0.3) is 0 Å². The molecule has 0 bridgehead atoms. The standard InChI is InChI=1S/C21H38N4O4S/c1-6-22-21(23-12-8-13-25(4)30(26,27)7-2)24-17-19-11-10-18(3)16-20(19)29-15-9-14-28-5/h10-11,16H,6-9,12-15,17H2,1-5H3,(H2,22,23,24). The number of nitrogens with one attached hydrogen (secondary N) is 2. The smallest absolute Gasteiger partial charge is 0.213 e. The Kier molecular flexibility index (Phi) is 12.4. The molecule has 1 rings (SSSR count). The van der Waals surface area contributed by atoms with Gasteiger partial charge < -0.3 is 20.1 Å². The first-order valence-electron chi connectivity index (χ1n) is 10.5. The topological polar surface area (TPSA) is 92.3 Å². The molecule has 30 heavy (non-hydrogen) atoms. The second-order valence-corrected chi connectivity index (χ2v) is 9.37. The molecule has 0 aliphatic heterocycles. The summed E-state index contributed by atoms with van der Waals surface area (Å²) in [7, 11) is 0.161. The van der Waals surface area contributed by atoms with Crippen LogP contribution in [0.4, 0.5) is 0 Å². The SMILES string of the molecule is CCNC(=NCc1ccc(C)cc1OCCCOC)NCCCN(C)S(=O)(=O)CC. The summed E-state index contributed by atoms with van der Waals surface area (Å²) in [6.07, 6.45) is 1.53. The fourth-order valence-electron chi connectivity index (χ4n) is 2.69. The maximum absolute atomic E-state index is 11.8. The first kappa shape index (κ1) is 26.2. The third kappa shape index (κ3) is 9.77. The van der Waals surface area contributed by atoms with Crippen molar-refractivity contribution in [1.29, 1.82) is 0 Å². The van der Waals surface area contributed by atoms with Crippen molar-refractivity contribution in [1.82, 2.24) is 14.9 Å². The molecule has 0 saturated carbocycles. The lowest BCUT2D eigenvalue weighted by Gasteiger charge is -2.17. The van der Waals surface area contributed by atoms with Crippen molar-refractivity contribution in [2.75, 3.05) is 52.8 Å². The number of nitrogens with zero attached hydrogens (tertiary/aromatic N) is 2. The van der Waals surface area contributed by atoms with Crippen LogP contribution < -0.4 is 15.4 Å². The molecule has 0 unspecified atom stereocenters. The Morgan fingerprint density at radius 1 is 1.17 bits per heavy atom. The summed E-state index contributed by atoms with van der Waals surface area (Å²) in [6, 6.07) is 6.12. The van der Waals surface area contributed by atoms with Crippen LogP contribution in [-0.4, -0.2) is 71.4 Å². The Hall–Kier alpha value is -1.84. The highest BCUT2D eigenvalue weighted by Gasteiger charge is 2.14. The minimum absolute atomic E-state index is 0.119. The lowest BCUT2D eigenvalue weighted by Crippen LogP contribution is -2.39. The molecule has 2 N–H and O–H groups in total. The van der Waals surface area contributed by atoms with Crippen molar-refractivity contribution in [3.8, 4) is 5.75 Å². The number of hydrogen-bond donors (Lipinski definition) is 2. The lowest BCUT2D eigenvalue weighted by molar-refractivity contribution is 0.172. The number of guanidine groups is 1. The van der Waals surface area contributed by atoms with Crippen molar-refractivity contribution in [3.63, 3.8) is 0 Å². The van der Waals surface area contributed by atoms with E-state index in [0.717, 1.165) is 29.8 Å². The van der Waals surface area contributed by atoms with Gasteiger partial charge in [-0.25, -0.2) is 17.7 Å². The van der Waals surface area contributed by atoms with E-state index in [1.54, 1.807) is 21.1 Å². The summed E-state index contributed by atoms with van der Waals surface area (Å²) in [5.41, 5.74) is 2.16. The Labute approximate surface area is 182 Å². The number of sulfonamides is 1. The molecular weight excluding hydrogens is 404 g/mol. The fraction of sp³-hybridized carbons (Fsp3) is 0.667. The molecule has 0 aliphatic rings. The highest BCUT2D eigenvalue weighted by molar-refractivity contribution is 7.89. The molecule has 1 aromatic rings. The van der Waals surface area contributed by atoms with Gasteiger partial charge in [-0.1, -0.05) is 12.1 Å². The van der Waals surface area contributed by atoms with E-state index < -0.39 is 10.0 Å². The minimum Gasteiger partial charge on any atom is -0.493 e. The zero-order valence-electron chi connectivity index (χ0n) is 19.0. The van der Waals surface area contributed by atoms with Crippen molar-refractivity contribution >= 4 is 16.0 Å². The van der Waals surface area contributed by atoms with Gasteiger partial charge >= 0.3 is 0 Å². The van der Waals surface area contributed by atoms with Crippen LogP contribution in [0.2, 0.25) is 0 Å². The van der Waals surface area contributed by atoms with Crippen LogP contribution in [0.5, 0.6) is 5.75 Å². The van der Waals surface area contributed by atoms with Crippen molar-refractivity contribution in [2.45, 2.75) is 40.2 Å². The summed E-state index contributed by atoms with van der Waals surface area (Å²) in [4.78, 5) is 4.66. The van der Waals surface area contributed by atoms with Crippen LogP contribution in [0.3, 0.4) is 0 Å². The minimum atomic E-state index is -3.14. The van der Waals surface area contributed by atoms with Gasteiger partial charge in [0.1, 0.15) is 5.75 Å². The first-order chi connectivity index (χ1) is 14.3. The Morgan fingerprint density at radius 3 is 2.60 bits per heavy atom. The highest BCUT2D eigenvalue weighted by Crippen LogP contribution is 2.21. The zero-order chi connectivity index (χ0) is 22.4. The van der Waals surface area contributed by atoms with E-state index in [4.69, 9.17) is 9.47 Å². The van der Waals surface area contributed by atoms with Crippen molar-refractivity contribution < 1.29 is 17.9 Å². The summed E-state index contributed by atoms with van der Waals surface area (Å²) in [6.45, 7) is 9.29. The van der Waals surface area contributed by atoms with E-state index in [1.807, 2.05) is 26.0 Å². The maximum atomic E-state index is 11.8. The van der Waals surface area contributed by atoms with E-state index in [9.17, 15) is 8.42 Å². The second kappa shape index (κ2) is 14.2. The summed E-state index contributed by atoms with van der Waals surface area (Å²) in [5, 5.41) is 6.49. The molecule has 9 heteroatoms. The Bertz CT molecular complexity index is 753. The summed E-state index contributed by atoms with van der Waals surface area (Å²) in [5.74, 6) is 1.66. The fourth-order valence-corrected chi connectivity index (χ4v) is 3.53. The van der Waals surface area contributed by atoms with Crippen LogP contribution in [0.1, 0.15) is 37.8 Å². The number of ether oxygens (including phenoxy) is 2. The van der Waals surface area contributed by atoms with Gasteiger partial charge in [0.2, 0.25) is 10.0 Å². The molecule has 0 aliphatic carbocycles. The molecule has 1 aromatic carbocycles. The van der Waals surface area contributed by atoms with Gasteiger partial charge in [-0.15, -0.1) is 0 Å². The van der Waals surface area contributed by atoms with Crippen LogP contribution in [0, 0.1) is 6.92 Å². The quantitative estimate of drug-likeness (QED) is 0.261. The van der Waals surface area contributed by atoms with E-state index >= 15 is 0 Å². The van der Waals surface area contributed by atoms with Gasteiger partial charge in [0.15, 0.2) is 5.96 Å². The van der Waals surface area contributed by atoms with Gasteiger partial charge in [0.05, 0.1) is 18.9 Å². The molecule has 172 valence electrons. The number of benzene rings is 1. The van der Waals surface area contributed by atoms with Gasteiger partial charge in [-0.05, 0) is 38.8 Å². The molecular formula is C21H38N4O4S. The Balaban J connectivity index is 2.65. The second-order valence-electron chi connectivity index (χ2n) is 7.00. The molecule has 0 aromatic heterocycles. The molecule has 8 nitrogen and oxygen atoms in total. The third-order valence-electron chi connectivity index (χ3n) is 4.51. The third-order valence-corrected chi connectivity index (χ3v) is 6.37. The predicted octanol–water partition coefficient (Wildman–Crippen LogP) is 2.14. The molecule has 0 radical (unpaired) electrons. The van der Waals surface area contributed by atoms with E-state index in [-0.39, 0.29) is 5.75 Å². The van der Waals surface area contributed by atoms with Gasteiger partial charge in [0, 0.05) is 52.4 Å². The first-order valence-corrected chi connectivity index (χ1v) is 12.1. The molecule has 0 heterocycles. The average Bonchev–Trinajstić information content (AvgIpc) is 2.73. The molecule has 0 atom stereocenters. The van der Waals surface area contributed by atoms with E-state index in [2.05, 4.69) is 21.7 Å². The van der Waals surface area contributed by atoms with Crippen molar-refractivity contribution in [2.24, 2.45) is 4.99 Å². The predicted molar refractivity (Wildman–Crippen MR) is 123 cm³/mol. The van der Waals surface area contributed by atoms with Crippen molar-refractivity contribution in [3.05, 3.63) is 29.3 Å². The normalized spacial score (nSPS) is 12.3. The molecule has 0 fully saturated rings.